The number of methoxy groups -OCH3 is 1. The number of benzene rings is 2. The van der Waals surface area contributed by atoms with E-state index in [-0.39, 0.29) is 24.2 Å². The largest absolute Gasteiger partial charge is 0.380 e. The van der Waals surface area contributed by atoms with E-state index in [0.29, 0.717) is 12.5 Å². The Balaban J connectivity index is 2.21. The second kappa shape index (κ2) is 12.1. The van der Waals surface area contributed by atoms with Crippen molar-refractivity contribution in [3.63, 3.8) is 0 Å². The lowest BCUT2D eigenvalue weighted by Gasteiger charge is -2.30. The quantitative estimate of drug-likeness (QED) is 0.606. The summed E-state index contributed by atoms with van der Waals surface area (Å²) in [5.74, 6) is 6.91. The zero-order valence-corrected chi connectivity index (χ0v) is 19.3. The van der Waals surface area contributed by atoms with Gasteiger partial charge < -0.3 is 15.8 Å². The number of hydrogen-bond acceptors (Lipinski definition) is 3. The van der Waals surface area contributed by atoms with Crippen molar-refractivity contribution in [2.24, 2.45) is 11.7 Å². The number of nitrogens with two attached hydrogens (primary N) is 1. The normalized spacial score (nSPS) is 13.6. The van der Waals surface area contributed by atoms with Gasteiger partial charge in [-0.1, -0.05) is 56.0 Å². The molecule has 0 aliphatic rings. The van der Waals surface area contributed by atoms with Crippen molar-refractivity contribution in [3.05, 3.63) is 65.7 Å². The Morgan fingerprint density at radius 1 is 1.06 bits per heavy atom. The van der Waals surface area contributed by atoms with Crippen molar-refractivity contribution in [1.29, 1.82) is 0 Å². The van der Waals surface area contributed by atoms with E-state index in [1.54, 1.807) is 12.0 Å². The van der Waals surface area contributed by atoms with Crippen LogP contribution in [0.1, 0.15) is 51.3 Å². The first-order chi connectivity index (χ1) is 14.8. The van der Waals surface area contributed by atoms with Crippen LogP contribution in [0.2, 0.25) is 0 Å². The number of amides is 2. The predicted octanol–water partition coefficient (Wildman–Crippen LogP) is 4.72. The molecule has 0 aliphatic carbocycles. The van der Waals surface area contributed by atoms with E-state index < -0.39 is 0 Å². The molecule has 0 aliphatic heterocycles. The minimum atomic E-state index is -0.326. The first-order valence-corrected chi connectivity index (χ1v) is 10.8. The summed E-state index contributed by atoms with van der Waals surface area (Å²) in [6.07, 6.45) is 0.681. The zero-order valence-electron chi connectivity index (χ0n) is 19.3. The van der Waals surface area contributed by atoms with Gasteiger partial charge in [-0.3, -0.25) is 4.90 Å². The molecule has 3 unspecified atom stereocenters. The summed E-state index contributed by atoms with van der Waals surface area (Å²) < 4.78 is 5.36. The van der Waals surface area contributed by atoms with E-state index in [0.717, 1.165) is 23.2 Å². The number of ether oxygens (including phenoxy) is 1. The number of nitrogens with zero attached hydrogens (tertiary/aromatic N) is 1. The van der Waals surface area contributed by atoms with Gasteiger partial charge in [0.05, 0.1) is 12.1 Å². The van der Waals surface area contributed by atoms with Crippen LogP contribution in [0.15, 0.2) is 54.6 Å². The van der Waals surface area contributed by atoms with Crippen molar-refractivity contribution < 1.29 is 9.53 Å². The van der Waals surface area contributed by atoms with Gasteiger partial charge in [-0.2, -0.15) is 0 Å². The predicted molar refractivity (Wildman–Crippen MR) is 128 cm³/mol. The van der Waals surface area contributed by atoms with Crippen LogP contribution in [0.25, 0.3) is 0 Å². The standard InChI is InChI=1S/C26H35N3O2/c1-19(2)10-9-11-22-14-16-24(17-15-22)29(18-25(27)21(4)31-5)26(30)28-20(3)23-12-7-6-8-13-23/h6-8,12-17,19-21,25H,10,18,27H2,1-5H3,(H,28,30). The molecule has 0 radical (unpaired) electrons. The van der Waals surface area contributed by atoms with E-state index in [1.165, 1.54) is 0 Å². The van der Waals surface area contributed by atoms with Crippen LogP contribution in [-0.4, -0.2) is 31.8 Å². The van der Waals surface area contributed by atoms with Crippen LogP contribution in [0.5, 0.6) is 0 Å². The number of urea groups is 1. The van der Waals surface area contributed by atoms with Crippen LogP contribution in [-0.2, 0) is 4.74 Å². The summed E-state index contributed by atoms with van der Waals surface area (Å²) in [5, 5.41) is 3.08. The summed E-state index contributed by atoms with van der Waals surface area (Å²) in [6.45, 7) is 8.50. The van der Waals surface area contributed by atoms with Crippen LogP contribution in [0.3, 0.4) is 0 Å². The summed E-state index contributed by atoms with van der Waals surface area (Å²) in [7, 11) is 1.62. The van der Waals surface area contributed by atoms with Gasteiger partial charge in [0, 0.05) is 37.4 Å². The summed E-state index contributed by atoms with van der Waals surface area (Å²) >= 11 is 0. The molecule has 5 heteroatoms. The fraction of sp³-hybridized carbons (Fsp3) is 0.423. The lowest BCUT2D eigenvalue weighted by atomic mass is 10.1. The van der Waals surface area contributed by atoms with E-state index in [2.05, 4.69) is 31.0 Å². The summed E-state index contributed by atoms with van der Waals surface area (Å²) in [4.78, 5) is 14.9. The van der Waals surface area contributed by atoms with Gasteiger partial charge in [-0.25, -0.2) is 4.79 Å². The number of hydrogen-bond donors (Lipinski definition) is 2. The van der Waals surface area contributed by atoms with Crippen LogP contribution in [0.4, 0.5) is 10.5 Å². The smallest absolute Gasteiger partial charge is 0.322 e. The second-order valence-electron chi connectivity index (χ2n) is 8.24. The number of carbonyl (C=O) groups is 1. The maximum absolute atomic E-state index is 13.2. The molecule has 166 valence electrons. The van der Waals surface area contributed by atoms with Gasteiger partial charge in [0.1, 0.15) is 0 Å². The molecule has 0 saturated heterocycles. The fourth-order valence-corrected chi connectivity index (χ4v) is 3.01. The number of anilines is 1. The molecular weight excluding hydrogens is 386 g/mol. The Morgan fingerprint density at radius 2 is 1.71 bits per heavy atom. The van der Waals surface area contributed by atoms with Crippen molar-refractivity contribution in [2.75, 3.05) is 18.6 Å². The maximum atomic E-state index is 13.2. The molecule has 0 fully saturated rings. The molecule has 31 heavy (non-hydrogen) atoms. The van der Waals surface area contributed by atoms with Crippen molar-refractivity contribution in [3.8, 4) is 11.8 Å². The average Bonchev–Trinajstić information content (AvgIpc) is 2.77. The molecule has 2 aromatic carbocycles. The van der Waals surface area contributed by atoms with Gasteiger partial charge in [0.15, 0.2) is 0 Å². The molecule has 0 spiro atoms. The van der Waals surface area contributed by atoms with Crippen molar-refractivity contribution in [2.45, 2.75) is 52.3 Å². The molecule has 0 bridgehead atoms. The van der Waals surface area contributed by atoms with Crippen LogP contribution < -0.4 is 16.0 Å². The highest BCUT2D eigenvalue weighted by molar-refractivity contribution is 5.92. The first kappa shape index (κ1) is 24.5. The molecule has 2 amide bonds. The Hall–Kier alpha value is -2.81. The fourth-order valence-electron chi connectivity index (χ4n) is 3.01. The third-order valence-electron chi connectivity index (χ3n) is 5.17. The molecule has 0 heterocycles. The van der Waals surface area contributed by atoms with E-state index in [1.807, 2.05) is 68.4 Å². The number of nitrogens with one attached hydrogen (secondary N) is 1. The van der Waals surface area contributed by atoms with Crippen molar-refractivity contribution >= 4 is 11.7 Å². The molecule has 2 aromatic rings. The minimum Gasteiger partial charge on any atom is -0.380 e. The minimum absolute atomic E-state index is 0.131. The van der Waals surface area contributed by atoms with Gasteiger partial charge in [-0.15, -0.1) is 0 Å². The SMILES string of the molecule is COC(C)C(N)CN(C(=O)NC(C)c1ccccc1)c1ccc(C#CCC(C)C)cc1. The lowest BCUT2D eigenvalue weighted by Crippen LogP contribution is -2.50. The maximum Gasteiger partial charge on any atom is 0.322 e. The molecular formula is C26H35N3O2. The Bertz CT molecular complexity index is 869. The Kier molecular flexibility index (Phi) is 9.58. The monoisotopic (exact) mass is 421 g/mol. The summed E-state index contributed by atoms with van der Waals surface area (Å²) in [5.41, 5.74) is 9.04. The topological polar surface area (TPSA) is 67.6 Å². The zero-order chi connectivity index (χ0) is 22.8. The first-order valence-electron chi connectivity index (χ1n) is 10.8. The Morgan fingerprint density at radius 3 is 2.29 bits per heavy atom. The number of rotatable bonds is 8. The highest BCUT2D eigenvalue weighted by atomic mass is 16.5. The van der Waals surface area contributed by atoms with Crippen LogP contribution >= 0.6 is 0 Å². The number of carbonyl (C=O) groups excluding carboxylic acids is 1. The van der Waals surface area contributed by atoms with Crippen LogP contribution in [0, 0.1) is 17.8 Å². The molecule has 3 atom stereocenters. The van der Waals surface area contributed by atoms with Gasteiger partial charge in [-0.05, 0) is 49.6 Å². The van der Waals surface area contributed by atoms with Gasteiger partial charge in [0.2, 0.25) is 0 Å². The molecule has 5 nitrogen and oxygen atoms in total. The van der Waals surface area contributed by atoms with Gasteiger partial charge >= 0.3 is 6.03 Å². The molecule has 2 rings (SSSR count). The van der Waals surface area contributed by atoms with Gasteiger partial charge in [0.25, 0.3) is 0 Å². The third-order valence-corrected chi connectivity index (χ3v) is 5.17. The van der Waals surface area contributed by atoms with E-state index in [9.17, 15) is 4.79 Å². The Labute approximate surface area is 187 Å². The molecule has 0 saturated carbocycles. The van der Waals surface area contributed by atoms with E-state index in [4.69, 9.17) is 10.5 Å². The van der Waals surface area contributed by atoms with Crippen molar-refractivity contribution in [1.82, 2.24) is 5.32 Å². The highest BCUT2D eigenvalue weighted by Gasteiger charge is 2.23. The molecule has 3 N–H and O–H groups in total. The highest BCUT2D eigenvalue weighted by Crippen LogP contribution is 2.19. The lowest BCUT2D eigenvalue weighted by molar-refractivity contribution is 0.0975. The van der Waals surface area contributed by atoms with E-state index >= 15 is 0 Å². The third kappa shape index (κ3) is 7.75. The molecule has 0 aromatic heterocycles. The second-order valence-corrected chi connectivity index (χ2v) is 8.24. The summed E-state index contributed by atoms with van der Waals surface area (Å²) in [6, 6.07) is 16.9. The average molecular weight is 422 g/mol.